The van der Waals surface area contributed by atoms with E-state index in [1.54, 1.807) is 38.5 Å². The lowest BCUT2D eigenvalue weighted by Crippen LogP contribution is -2.03. The van der Waals surface area contributed by atoms with Crippen LogP contribution in [0.15, 0.2) is 0 Å². The second kappa shape index (κ2) is 19.7. The lowest BCUT2D eigenvalue weighted by molar-refractivity contribution is 0.352. The summed E-state index contributed by atoms with van der Waals surface area (Å²) in [6, 6.07) is 0. The molecule has 0 aromatic carbocycles. The highest BCUT2D eigenvalue weighted by Crippen LogP contribution is 2.27. The Balaban J connectivity index is 1.86. The van der Waals surface area contributed by atoms with Crippen molar-refractivity contribution in [1.82, 2.24) is 0 Å². The van der Waals surface area contributed by atoms with Crippen LogP contribution in [-0.2, 0) is 0 Å². The van der Waals surface area contributed by atoms with Crippen LogP contribution in [0, 0.1) is 11.8 Å². The molecule has 2 saturated carbocycles. The van der Waals surface area contributed by atoms with Crippen LogP contribution in [0.2, 0.25) is 0 Å². The van der Waals surface area contributed by atoms with Gasteiger partial charge in [0.25, 0.3) is 0 Å². The van der Waals surface area contributed by atoms with Gasteiger partial charge in [-0.15, -0.1) is 0 Å². The SMILES string of the molecule is C1CCCCCC2CCCCCCCCCCC(CCCC1)CCCCCCCC2. The molecule has 2 aliphatic rings. The third-order valence-corrected chi connectivity index (χ3v) is 8.42. The van der Waals surface area contributed by atoms with Gasteiger partial charge in [0.1, 0.15) is 0 Å². The number of fused-ring (bicyclic) bond motifs is 9. The van der Waals surface area contributed by atoms with Crippen molar-refractivity contribution in [2.24, 2.45) is 11.8 Å². The zero-order chi connectivity index (χ0) is 21.0. The number of rotatable bonds is 0. The fourth-order valence-corrected chi connectivity index (χ4v) is 6.29. The molecule has 2 aliphatic carbocycles. The van der Waals surface area contributed by atoms with E-state index in [1.807, 2.05) is 0 Å². The molecule has 2 fully saturated rings. The maximum absolute atomic E-state index is 1.54. The van der Waals surface area contributed by atoms with E-state index in [-0.39, 0.29) is 0 Å². The van der Waals surface area contributed by atoms with E-state index in [2.05, 4.69) is 0 Å². The molecule has 0 saturated heterocycles. The van der Waals surface area contributed by atoms with Crippen molar-refractivity contribution < 1.29 is 0 Å². The molecule has 0 aromatic heterocycles. The second-order valence-corrected chi connectivity index (χ2v) is 11.2. The van der Waals surface area contributed by atoms with Crippen LogP contribution >= 0.6 is 0 Å². The van der Waals surface area contributed by atoms with Gasteiger partial charge in [-0.05, 0) is 11.8 Å². The zero-order valence-electron chi connectivity index (χ0n) is 21.0. The van der Waals surface area contributed by atoms with E-state index in [4.69, 9.17) is 0 Å². The van der Waals surface area contributed by atoms with Gasteiger partial charge in [-0.1, -0.05) is 180 Å². The molecule has 0 aromatic rings. The molecule has 0 heterocycles. The highest BCUT2D eigenvalue weighted by Gasteiger charge is 2.11. The molecule has 0 aliphatic heterocycles. The Hall–Kier alpha value is 0. The van der Waals surface area contributed by atoms with E-state index in [0.29, 0.717) is 0 Å². The standard InChI is InChI=1S/C30H58/c1-2-6-12-18-24-30-26-20-14-8-4-3-7-13-19-25-29(23-17-11-5-1)27-21-15-9-10-16-22-28-30/h29-30H,1-28H2. The molecule has 0 unspecified atom stereocenters. The van der Waals surface area contributed by atoms with Crippen molar-refractivity contribution in [1.29, 1.82) is 0 Å². The molecule has 0 atom stereocenters. The Morgan fingerprint density at radius 1 is 0.167 bits per heavy atom. The first kappa shape index (κ1) is 26.3. The molecule has 0 radical (unpaired) electrons. The van der Waals surface area contributed by atoms with Crippen LogP contribution in [0.4, 0.5) is 0 Å². The summed E-state index contributed by atoms with van der Waals surface area (Å²) in [7, 11) is 0. The Morgan fingerprint density at radius 3 is 0.467 bits per heavy atom. The van der Waals surface area contributed by atoms with Crippen molar-refractivity contribution in [2.75, 3.05) is 0 Å². The van der Waals surface area contributed by atoms with Crippen LogP contribution in [0.5, 0.6) is 0 Å². The highest BCUT2D eigenvalue weighted by molar-refractivity contribution is 4.65. The summed E-state index contributed by atoms with van der Waals surface area (Å²) in [5, 5.41) is 0. The van der Waals surface area contributed by atoms with Gasteiger partial charge < -0.3 is 0 Å². The van der Waals surface area contributed by atoms with Crippen molar-refractivity contribution in [2.45, 2.75) is 180 Å². The zero-order valence-corrected chi connectivity index (χ0v) is 21.0. The Kier molecular flexibility index (Phi) is 17.2. The van der Waals surface area contributed by atoms with Gasteiger partial charge in [0.2, 0.25) is 0 Å². The van der Waals surface area contributed by atoms with E-state index >= 15 is 0 Å². The van der Waals surface area contributed by atoms with E-state index in [9.17, 15) is 0 Å². The molecule has 2 rings (SSSR count). The van der Waals surface area contributed by atoms with Crippen LogP contribution in [0.3, 0.4) is 0 Å². The molecule has 0 heteroatoms. The summed E-state index contributed by atoms with van der Waals surface area (Å²) in [6.07, 6.45) is 42.6. The van der Waals surface area contributed by atoms with Gasteiger partial charge >= 0.3 is 0 Å². The van der Waals surface area contributed by atoms with Crippen LogP contribution in [0.1, 0.15) is 180 Å². The van der Waals surface area contributed by atoms with Gasteiger partial charge in [-0.25, -0.2) is 0 Å². The Labute approximate surface area is 191 Å². The largest absolute Gasteiger partial charge is 0.0533 e. The molecule has 0 N–H and O–H groups in total. The Bertz CT molecular complexity index is 288. The predicted octanol–water partition coefficient (Wildman–Crippen LogP) is 11.2. The molecule has 0 spiro atoms. The minimum absolute atomic E-state index is 1.06. The summed E-state index contributed by atoms with van der Waals surface area (Å²) in [4.78, 5) is 0. The van der Waals surface area contributed by atoms with Crippen molar-refractivity contribution in [3.8, 4) is 0 Å². The van der Waals surface area contributed by atoms with Crippen LogP contribution in [0.25, 0.3) is 0 Å². The smallest absolute Gasteiger partial charge is 0.0414 e. The lowest BCUT2D eigenvalue weighted by atomic mass is 9.88. The molecule has 30 heavy (non-hydrogen) atoms. The molecular weight excluding hydrogens is 360 g/mol. The van der Waals surface area contributed by atoms with E-state index in [1.165, 1.54) is 141 Å². The summed E-state index contributed by atoms with van der Waals surface area (Å²) in [5.41, 5.74) is 0. The maximum Gasteiger partial charge on any atom is -0.0414 e. The normalized spacial score (nSPS) is 29.6. The summed E-state index contributed by atoms with van der Waals surface area (Å²) in [6.45, 7) is 0. The molecular formula is C30H58. The third kappa shape index (κ3) is 14.9. The van der Waals surface area contributed by atoms with Crippen molar-refractivity contribution in [3.63, 3.8) is 0 Å². The minimum Gasteiger partial charge on any atom is -0.0533 e. The predicted molar refractivity (Wildman–Crippen MR) is 136 cm³/mol. The first-order valence-electron chi connectivity index (χ1n) is 14.9. The number of hydrogen-bond acceptors (Lipinski definition) is 0. The lowest BCUT2D eigenvalue weighted by Gasteiger charge is -2.18. The van der Waals surface area contributed by atoms with Crippen molar-refractivity contribution in [3.05, 3.63) is 0 Å². The van der Waals surface area contributed by atoms with Crippen LogP contribution < -0.4 is 0 Å². The highest BCUT2D eigenvalue weighted by atomic mass is 14.2. The average molecular weight is 419 g/mol. The number of hydrogen-bond donors (Lipinski definition) is 0. The molecule has 0 amide bonds. The fourth-order valence-electron chi connectivity index (χ4n) is 6.29. The Morgan fingerprint density at radius 2 is 0.300 bits per heavy atom. The van der Waals surface area contributed by atoms with Gasteiger partial charge in [0.15, 0.2) is 0 Å². The first-order valence-corrected chi connectivity index (χ1v) is 14.9. The molecule has 2 bridgehead atoms. The summed E-state index contributed by atoms with van der Waals surface area (Å²) in [5.74, 6) is 2.11. The van der Waals surface area contributed by atoms with Gasteiger partial charge in [0.05, 0.1) is 0 Å². The summed E-state index contributed by atoms with van der Waals surface area (Å²) >= 11 is 0. The first-order chi connectivity index (χ1) is 14.9. The van der Waals surface area contributed by atoms with E-state index < -0.39 is 0 Å². The third-order valence-electron chi connectivity index (χ3n) is 8.42. The maximum atomic E-state index is 1.54. The quantitative estimate of drug-likeness (QED) is 0.367. The van der Waals surface area contributed by atoms with Crippen molar-refractivity contribution >= 4 is 0 Å². The van der Waals surface area contributed by atoms with E-state index in [0.717, 1.165) is 11.8 Å². The minimum atomic E-state index is 1.06. The summed E-state index contributed by atoms with van der Waals surface area (Å²) < 4.78 is 0. The van der Waals surface area contributed by atoms with Gasteiger partial charge in [-0.2, -0.15) is 0 Å². The molecule has 178 valence electrons. The second-order valence-electron chi connectivity index (χ2n) is 11.2. The monoisotopic (exact) mass is 418 g/mol. The molecule has 0 nitrogen and oxygen atoms in total. The topological polar surface area (TPSA) is 0 Å². The average Bonchev–Trinajstić information content (AvgIpc) is 2.75. The van der Waals surface area contributed by atoms with Gasteiger partial charge in [-0.3, -0.25) is 0 Å². The van der Waals surface area contributed by atoms with Gasteiger partial charge in [0, 0.05) is 0 Å². The van der Waals surface area contributed by atoms with Crippen LogP contribution in [-0.4, -0.2) is 0 Å². The fraction of sp³-hybridized carbons (Fsp3) is 1.00.